The third-order valence-electron chi connectivity index (χ3n) is 1.64. The van der Waals surface area contributed by atoms with Crippen molar-refractivity contribution in [1.29, 1.82) is 0 Å². The molecular weight excluding hydrogens is 235 g/mol. The van der Waals surface area contributed by atoms with Crippen LogP contribution >= 0.6 is 22.6 Å². The Labute approximate surface area is 75.8 Å². The van der Waals surface area contributed by atoms with Crippen LogP contribution in [-0.4, -0.2) is 0 Å². The Bertz CT molecular complexity index is 183. The number of rotatable bonds is 2. The minimum absolute atomic E-state index is 1.13. The molecule has 0 aliphatic rings. The molecule has 0 saturated carbocycles. The average Bonchev–Trinajstić information content (AvgIpc) is 2.04. The molecule has 0 saturated heterocycles. The van der Waals surface area contributed by atoms with Crippen LogP contribution in [0.2, 0.25) is 0 Å². The van der Waals surface area contributed by atoms with Crippen molar-refractivity contribution in [3.63, 3.8) is 0 Å². The Balaban J connectivity index is 2.96. The molecule has 10 heavy (non-hydrogen) atoms. The Hall–Kier alpha value is -0.0500. The zero-order valence-corrected chi connectivity index (χ0v) is 8.26. The lowest BCUT2D eigenvalue weighted by Gasteiger charge is -2.01. The van der Waals surface area contributed by atoms with Gasteiger partial charge in [-0.05, 0) is 17.5 Å². The Morgan fingerprint density at radius 3 is 2.20 bits per heavy atom. The van der Waals surface area contributed by atoms with E-state index in [1.807, 2.05) is 0 Å². The first-order valence-electron chi connectivity index (χ1n) is 3.51. The van der Waals surface area contributed by atoms with Crippen molar-refractivity contribution in [1.82, 2.24) is 0 Å². The highest BCUT2D eigenvalue weighted by Gasteiger charge is 1.94. The molecule has 0 atom stereocenters. The lowest BCUT2D eigenvalue weighted by atomic mass is 10.1. The Morgan fingerprint density at radius 2 is 1.80 bits per heavy atom. The van der Waals surface area contributed by atoms with Gasteiger partial charge in [0.25, 0.3) is 0 Å². The van der Waals surface area contributed by atoms with Gasteiger partial charge in [0.2, 0.25) is 0 Å². The maximum Gasteiger partial charge on any atom is 0.0249 e. The molecule has 0 spiro atoms. The first-order valence-corrected chi connectivity index (χ1v) is 5.03. The zero-order valence-electron chi connectivity index (χ0n) is 6.10. The molecule has 0 bridgehead atoms. The first kappa shape index (κ1) is 8.05. The number of halogens is 1. The van der Waals surface area contributed by atoms with Gasteiger partial charge in [-0.2, -0.15) is 0 Å². The summed E-state index contributed by atoms with van der Waals surface area (Å²) in [5.74, 6) is 0. The van der Waals surface area contributed by atoms with Gasteiger partial charge >= 0.3 is 0 Å². The standard InChI is InChI=1S/C9H11I/c1-2-8-5-3-4-6-9(8)7-10/h3-6H,2,7H2,1H3. The molecule has 1 rings (SSSR count). The molecule has 0 amide bonds. The molecule has 0 fully saturated rings. The summed E-state index contributed by atoms with van der Waals surface area (Å²) in [6.45, 7) is 2.20. The second-order valence-electron chi connectivity index (χ2n) is 2.26. The lowest BCUT2D eigenvalue weighted by molar-refractivity contribution is 1.11. The molecule has 1 aromatic rings. The summed E-state index contributed by atoms with van der Waals surface area (Å²) >= 11 is 2.40. The highest BCUT2D eigenvalue weighted by atomic mass is 127. The highest BCUT2D eigenvalue weighted by Crippen LogP contribution is 2.12. The fourth-order valence-electron chi connectivity index (χ4n) is 1.03. The van der Waals surface area contributed by atoms with Gasteiger partial charge in [0.05, 0.1) is 0 Å². The SMILES string of the molecule is CCc1ccccc1CI. The van der Waals surface area contributed by atoms with Crippen molar-refractivity contribution in [3.05, 3.63) is 35.4 Å². The number of hydrogen-bond acceptors (Lipinski definition) is 0. The predicted octanol–water partition coefficient (Wildman–Crippen LogP) is 3.18. The molecule has 54 valence electrons. The third-order valence-corrected chi connectivity index (χ3v) is 2.47. The van der Waals surface area contributed by atoms with Crippen LogP contribution in [0.3, 0.4) is 0 Å². The average molecular weight is 246 g/mol. The molecule has 1 heteroatoms. The fourth-order valence-corrected chi connectivity index (χ4v) is 1.78. The van der Waals surface area contributed by atoms with Crippen LogP contribution in [0, 0.1) is 0 Å². The van der Waals surface area contributed by atoms with E-state index in [0.717, 1.165) is 10.8 Å². The third kappa shape index (κ3) is 1.72. The van der Waals surface area contributed by atoms with Gasteiger partial charge in [-0.25, -0.2) is 0 Å². The molecule has 0 radical (unpaired) electrons. The van der Waals surface area contributed by atoms with Crippen LogP contribution in [0.4, 0.5) is 0 Å². The van der Waals surface area contributed by atoms with Crippen molar-refractivity contribution >= 4 is 22.6 Å². The molecule has 0 unspecified atom stereocenters. The van der Waals surface area contributed by atoms with E-state index in [1.165, 1.54) is 11.1 Å². The van der Waals surface area contributed by atoms with Crippen molar-refractivity contribution in [3.8, 4) is 0 Å². The van der Waals surface area contributed by atoms with E-state index >= 15 is 0 Å². The van der Waals surface area contributed by atoms with Crippen molar-refractivity contribution in [2.45, 2.75) is 17.8 Å². The van der Waals surface area contributed by atoms with Gasteiger partial charge in [-0.15, -0.1) is 0 Å². The molecular formula is C9H11I. The number of hydrogen-bond donors (Lipinski definition) is 0. The van der Waals surface area contributed by atoms with Crippen molar-refractivity contribution in [2.24, 2.45) is 0 Å². The summed E-state index contributed by atoms with van der Waals surface area (Å²) < 4.78 is 1.13. The van der Waals surface area contributed by atoms with Gasteiger partial charge in [0.1, 0.15) is 0 Å². The normalized spacial score (nSPS) is 9.80. The smallest absolute Gasteiger partial charge is 0.0249 e. The van der Waals surface area contributed by atoms with Gasteiger partial charge in [0, 0.05) is 4.43 Å². The van der Waals surface area contributed by atoms with Crippen molar-refractivity contribution in [2.75, 3.05) is 0 Å². The summed E-state index contributed by atoms with van der Waals surface area (Å²) in [6.07, 6.45) is 1.15. The van der Waals surface area contributed by atoms with E-state index in [-0.39, 0.29) is 0 Å². The van der Waals surface area contributed by atoms with E-state index in [4.69, 9.17) is 0 Å². The number of alkyl halides is 1. The van der Waals surface area contributed by atoms with E-state index < -0.39 is 0 Å². The largest absolute Gasteiger partial charge is 0.0812 e. The van der Waals surface area contributed by atoms with Gasteiger partial charge in [-0.1, -0.05) is 53.8 Å². The Kier molecular flexibility index (Phi) is 3.19. The van der Waals surface area contributed by atoms with Gasteiger partial charge < -0.3 is 0 Å². The predicted molar refractivity (Wildman–Crippen MR) is 53.5 cm³/mol. The number of benzene rings is 1. The van der Waals surface area contributed by atoms with E-state index in [2.05, 4.69) is 53.8 Å². The van der Waals surface area contributed by atoms with E-state index in [0.29, 0.717) is 0 Å². The topological polar surface area (TPSA) is 0 Å². The quantitative estimate of drug-likeness (QED) is 0.555. The lowest BCUT2D eigenvalue weighted by Crippen LogP contribution is -1.86. The van der Waals surface area contributed by atoms with Gasteiger partial charge in [-0.3, -0.25) is 0 Å². The van der Waals surface area contributed by atoms with Crippen LogP contribution < -0.4 is 0 Å². The molecule has 0 nitrogen and oxygen atoms in total. The molecule has 0 N–H and O–H groups in total. The minimum atomic E-state index is 1.13. The maximum absolute atomic E-state index is 2.40. The van der Waals surface area contributed by atoms with Crippen LogP contribution in [-0.2, 0) is 10.8 Å². The second kappa shape index (κ2) is 3.96. The van der Waals surface area contributed by atoms with Crippen LogP contribution in [0.25, 0.3) is 0 Å². The summed E-state index contributed by atoms with van der Waals surface area (Å²) in [5, 5.41) is 0. The summed E-state index contributed by atoms with van der Waals surface area (Å²) in [7, 11) is 0. The highest BCUT2D eigenvalue weighted by molar-refractivity contribution is 14.1. The molecule has 0 aliphatic heterocycles. The molecule has 0 heterocycles. The number of aryl methyl sites for hydroxylation is 1. The summed E-state index contributed by atoms with van der Waals surface area (Å²) in [5.41, 5.74) is 2.96. The first-order chi connectivity index (χ1) is 4.88. The fraction of sp³-hybridized carbons (Fsp3) is 0.333. The second-order valence-corrected chi connectivity index (χ2v) is 3.02. The monoisotopic (exact) mass is 246 g/mol. The summed E-state index contributed by atoms with van der Waals surface area (Å²) in [4.78, 5) is 0. The van der Waals surface area contributed by atoms with Crippen LogP contribution in [0.5, 0.6) is 0 Å². The molecule has 0 aromatic heterocycles. The van der Waals surface area contributed by atoms with E-state index in [1.54, 1.807) is 0 Å². The van der Waals surface area contributed by atoms with Crippen LogP contribution in [0.1, 0.15) is 18.1 Å². The zero-order chi connectivity index (χ0) is 7.40. The maximum atomic E-state index is 2.40. The van der Waals surface area contributed by atoms with Gasteiger partial charge in [0.15, 0.2) is 0 Å². The van der Waals surface area contributed by atoms with E-state index in [9.17, 15) is 0 Å². The minimum Gasteiger partial charge on any atom is -0.0812 e. The molecule has 1 aromatic carbocycles. The molecule has 0 aliphatic carbocycles. The Morgan fingerprint density at radius 1 is 1.20 bits per heavy atom. The van der Waals surface area contributed by atoms with Crippen molar-refractivity contribution < 1.29 is 0 Å². The van der Waals surface area contributed by atoms with Crippen LogP contribution in [0.15, 0.2) is 24.3 Å². The summed E-state index contributed by atoms with van der Waals surface area (Å²) in [6, 6.07) is 8.61.